The number of benzene rings is 2. The van der Waals surface area contributed by atoms with Crippen molar-refractivity contribution in [3.8, 4) is 0 Å². The monoisotopic (exact) mass is 334 g/mol. The van der Waals surface area contributed by atoms with Crippen molar-refractivity contribution in [3.63, 3.8) is 0 Å². The van der Waals surface area contributed by atoms with E-state index in [9.17, 15) is 9.90 Å². The molecule has 0 aromatic heterocycles. The van der Waals surface area contributed by atoms with Crippen molar-refractivity contribution in [1.82, 2.24) is 0 Å². The predicted octanol–water partition coefficient (Wildman–Crippen LogP) is 3.01. The first-order valence-corrected chi connectivity index (χ1v) is 7.76. The number of hydrogen-bond acceptors (Lipinski definition) is 4. The summed E-state index contributed by atoms with van der Waals surface area (Å²) in [6.45, 7) is 0.854. The minimum Gasteiger partial charge on any atom is -0.478 e. The number of aliphatic hydroxyl groups excluding tert-OH is 1. The summed E-state index contributed by atoms with van der Waals surface area (Å²) in [5, 5.41) is 25.0. The van der Waals surface area contributed by atoms with Crippen LogP contribution in [-0.2, 0) is 6.54 Å². The Bertz CT molecular complexity index is 650. The van der Waals surface area contributed by atoms with Gasteiger partial charge in [0.15, 0.2) is 0 Å². The summed E-state index contributed by atoms with van der Waals surface area (Å²) in [5.41, 5.74) is 2.67. The van der Waals surface area contributed by atoms with E-state index in [0.717, 1.165) is 11.3 Å². The van der Waals surface area contributed by atoms with E-state index in [1.165, 1.54) is 6.07 Å². The average molecular weight is 335 g/mol. The molecule has 0 aliphatic rings. The molecule has 4 N–H and O–H groups in total. The molecule has 2 rings (SSSR count). The van der Waals surface area contributed by atoms with Gasteiger partial charge in [0, 0.05) is 13.1 Å². The molecule has 6 heteroatoms. The van der Waals surface area contributed by atoms with Gasteiger partial charge in [-0.05, 0) is 23.8 Å². The quantitative estimate of drug-likeness (QED) is 0.558. The van der Waals surface area contributed by atoms with E-state index >= 15 is 0 Å². The fraction of sp³-hybridized carbons (Fsp3) is 0.235. The molecule has 1 unspecified atom stereocenters. The summed E-state index contributed by atoms with van der Waals surface area (Å²) in [7, 11) is 0. The molecule has 1 atom stereocenters. The smallest absolute Gasteiger partial charge is 0.335 e. The van der Waals surface area contributed by atoms with Crippen LogP contribution >= 0.6 is 11.6 Å². The molecule has 5 nitrogen and oxygen atoms in total. The summed E-state index contributed by atoms with van der Waals surface area (Å²) < 4.78 is 0. The lowest BCUT2D eigenvalue weighted by Crippen LogP contribution is -2.21. The lowest BCUT2D eigenvalue weighted by Gasteiger charge is -2.16. The summed E-state index contributed by atoms with van der Waals surface area (Å²) in [6, 6.07) is 14.7. The van der Waals surface area contributed by atoms with E-state index in [4.69, 9.17) is 16.7 Å². The minimum atomic E-state index is -0.999. The molecule has 0 aliphatic carbocycles. The van der Waals surface area contributed by atoms with E-state index in [0.29, 0.717) is 12.2 Å². The van der Waals surface area contributed by atoms with Crippen molar-refractivity contribution >= 4 is 28.9 Å². The molecular weight excluding hydrogens is 316 g/mol. The van der Waals surface area contributed by atoms with Gasteiger partial charge in [0.2, 0.25) is 0 Å². The van der Waals surface area contributed by atoms with E-state index in [-0.39, 0.29) is 18.0 Å². The average Bonchev–Trinajstić information content (AvgIpc) is 2.58. The molecule has 0 heterocycles. The zero-order valence-corrected chi connectivity index (χ0v) is 13.3. The number of aliphatic hydroxyl groups is 1. The van der Waals surface area contributed by atoms with Crippen LogP contribution in [0.3, 0.4) is 0 Å². The Balaban J connectivity index is 2.14. The van der Waals surface area contributed by atoms with Gasteiger partial charge in [0.25, 0.3) is 0 Å². The molecule has 23 heavy (non-hydrogen) atoms. The number of aromatic carboxylic acids is 1. The van der Waals surface area contributed by atoms with Gasteiger partial charge in [0.05, 0.1) is 28.9 Å². The molecule has 0 spiro atoms. The second kappa shape index (κ2) is 8.41. The van der Waals surface area contributed by atoms with Crippen molar-refractivity contribution in [1.29, 1.82) is 0 Å². The highest BCUT2D eigenvalue weighted by Crippen LogP contribution is 2.24. The van der Waals surface area contributed by atoms with E-state index in [1.54, 1.807) is 12.1 Å². The second-order valence-electron chi connectivity index (χ2n) is 5.09. The van der Waals surface area contributed by atoms with Gasteiger partial charge in [-0.2, -0.15) is 0 Å². The Morgan fingerprint density at radius 2 is 1.83 bits per heavy atom. The SMILES string of the molecule is O=C(O)c1ccc(NCc2ccccc2)c(NCC(O)CCl)c1. The van der Waals surface area contributed by atoms with E-state index in [1.807, 2.05) is 30.3 Å². The standard InChI is InChI=1S/C17H19ClN2O3/c18-9-14(21)11-20-16-8-13(17(22)23)6-7-15(16)19-10-12-4-2-1-3-5-12/h1-8,14,19-21H,9-11H2,(H,22,23). The van der Waals surface area contributed by atoms with Crippen LogP contribution in [0.25, 0.3) is 0 Å². The van der Waals surface area contributed by atoms with E-state index in [2.05, 4.69) is 10.6 Å². The maximum atomic E-state index is 11.1. The third-order valence-corrected chi connectivity index (χ3v) is 3.65. The summed E-state index contributed by atoms with van der Waals surface area (Å²) in [4.78, 5) is 11.1. The fourth-order valence-corrected chi connectivity index (χ4v) is 2.16. The molecule has 122 valence electrons. The number of carboxylic acid groups (broad SMARTS) is 1. The predicted molar refractivity (Wildman–Crippen MR) is 92.4 cm³/mol. The van der Waals surface area contributed by atoms with Crippen molar-refractivity contribution < 1.29 is 15.0 Å². The number of alkyl halides is 1. The molecule has 0 radical (unpaired) electrons. The van der Waals surface area contributed by atoms with E-state index < -0.39 is 12.1 Å². The van der Waals surface area contributed by atoms with Crippen LogP contribution in [0.15, 0.2) is 48.5 Å². The van der Waals surface area contributed by atoms with Crippen LogP contribution in [0.4, 0.5) is 11.4 Å². The third kappa shape index (κ3) is 5.16. The lowest BCUT2D eigenvalue weighted by atomic mass is 10.1. The Labute approximate surface area is 139 Å². The number of anilines is 2. The Morgan fingerprint density at radius 1 is 1.09 bits per heavy atom. The van der Waals surface area contributed by atoms with Crippen molar-refractivity contribution in [3.05, 3.63) is 59.7 Å². The molecule has 0 amide bonds. The molecule has 0 saturated carbocycles. The zero-order valence-electron chi connectivity index (χ0n) is 12.5. The first-order valence-electron chi connectivity index (χ1n) is 7.23. The highest BCUT2D eigenvalue weighted by atomic mass is 35.5. The lowest BCUT2D eigenvalue weighted by molar-refractivity contribution is 0.0697. The van der Waals surface area contributed by atoms with Crippen LogP contribution in [0.2, 0.25) is 0 Å². The van der Waals surface area contributed by atoms with Crippen LogP contribution in [-0.4, -0.2) is 34.7 Å². The molecule has 2 aromatic carbocycles. The molecule has 0 bridgehead atoms. The van der Waals surface area contributed by atoms with Crippen LogP contribution in [0, 0.1) is 0 Å². The van der Waals surface area contributed by atoms with Gasteiger partial charge < -0.3 is 20.8 Å². The summed E-state index contributed by atoms with van der Waals surface area (Å²) in [6.07, 6.45) is -0.702. The summed E-state index contributed by atoms with van der Waals surface area (Å²) in [5.74, 6) is -0.890. The number of carbonyl (C=O) groups is 1. The summed E-state index contributed by atoms with van der Waals surface area (Å²) >= 11 is 5.58. The number of carboxylic acids is 1. The Hall–Kier alpha value is -2.24. The van der Waals surface area contributed by atoms with Crippen molar-refractivity contribution in [2.24, 2.45) is 0 Å². The highest BCUT2D eigenvalue weighted by molar-refractivity contribution is 6.18. The largest absolute Gasteiger partial charge is 0.478 e. The van der Waals surface area contributed by atoms with Crippen LogP contribution in [0.1, 0.15) is 15.9 Å². The first-order chi connectivity index (χ1) is 11.1. The highest BCUT2D eigenvalue weighted by Gasteiger charge is 2.10. The molecule has 0 aliphatic heterocycles. The third-order valence-electron chi connectivity index (χ3n) is 3.30. The number of hydrogen-bond donors (Lipinski definition) is 4. The fourth-order valence-electron chi connectivity index (χ4n) is 2.05. The van der Waals surface area contributed by atoms with Gasteiger partial charge in [-0.3, -0.25) is 0 Å². The number of halogens is 1. The van der Waals surface area contributed by atoms with Crippen molar-refractivity contribution in [2.75, 3.05) is 23.1 Å². The van der Waals surface area contributed by atoms with Gasteiger partial charge in [-0.15, -0.1) is 11.6 Å². The first kappa shape index (κ1) is 17.1. The Kier molecular flexibility index (Phi) is 6.26. The molecule has 0 fully saturated rings. The maximum absolute atomic E-state index is 11.1. The maximum Gasteiger partial charge on any atom is 0.335 e. The number of rotatable bonds is 8. The van der Waals surface area contributed by atoms with Crippen LogP contribution in [0.5, 0.6) is 0 Å². The van der Waals surface area contributed by atoms with Gasteiger partial charge in [-0.25, -0.2) is 4.79 Å². The molecule has 0 saturated heterocycles. The zero-order chi connectivity index (χ0) is 16.7. The van der Waals surface area contributed by atoms with Gasteiger partial charge in [-0.1, -0.05) is 30.3 Å². The molecular formula is C17H19ClN2O3. The van der Waals surface area contributed by atoms with Gasteiger partial charge >= 0.3 is 5.97 Å². The van der Waals surface area contributed by atoms with Gasteiger partial charge in [0.1, 0.15) is 0 Å². The number of nitrogens with one attached hydrogen (secondary N) is 2. The normalized spacial score (nSPS) is 11.7. The van der Waals surface area contributed by atoms with Crippen LogP contribution < -0.4 is 10.6 Å². The topological polar surface area (TPSA) is 81.6 Å². The minimum absolute atomic E-state index is 0.110. The Morgan fingerprint density at radius 3 is 2.48 bits per heavy atom. The van der Waals surface area contributed by atoms with Crippen molar-refractivity contribution in [2.45, 2.75) is 12.6 Å². The molecule has 2 aromatic rings. The second-order valence-corrected chi connectivity index (χ2v) is 5.40.